The van der Waals surface area contributed by atoms with Crippen molar-refractivity contribution in [2.45, 2.75) is 44.9 Å². The van der Waals surface area contributed by atoms with Gasteiger partial charge in [0.1, 0.15) is 9.84 Å². The number of rotatable bonds is 5. The fraction of sp³-hybridized carbons (Fsp3) is 0.650. The van der Waals surface area contributed by atoms with Gasteiger partial charge in [0.2, 0.25) is 0 Å². The summed E-state index contributed by atoms with van der Waals surface area (Å²) in [7, 11) is -2.85. The summed E-state index contributed by atoms with van der Waals surface area (Å²) in [6.45, 7) is 2.73. The molecular formula is C20H30NO2S. The van der Waals surface area contributed by atoms with Crippen LogP contribution in [0.1, 0.15) is 44.9 Å². The molecule has 3 nitrogen and oxygen atoms in total. The molecule has 1 radical (unpaired) electrons. The van der Waals surface area contributed by atoms with Crippen LogP contribution in [-0.2, 0) is 9.84 Å². The first-order valence-electron chi connectivity index (χ1n) is 9.36. The van der Waals surface area contributed by atoms with E-state index in [1.54, 1.807) is 5.57 Å². The van der Waals surface area contributed by atoms with E-state index in [2.05, 4.69) is 29.5 Å². The van der Waals surface area contributed by atoms with Gasteiger partial charge in [-0.15, -0.1) is 0 Å². The smallest absolute Gasteiger partial charge is 0.148 e. The standard InChI is InChI=1S/C20H30NO2S/c1-24(22,23)15-14-21-12-10-18(11-13-21)20-9-5-8-19(16-20)17-6-3-2-4-7-17/h6,8-9,16,18H,2-5,7,10-15H2,1H3. The van der Waals surface area contributed by atoms with Gasteiger partial charge < -0.3 is 4.90 Å². The average molecular weight is 349 g/mol. The Kier molecular flexibility index (Phi) is 5.98. The van der Waals surface area contributed by atoms with Gasteiger partial charge in [0.25, 0.3) is 0 Å². The summed E-state index contributed by atoms with van der Waals surface area (Å²) in [6, 6.07) is 0. The molecular weight excluding hydrogens is 318 g/mol. The first-order valence-corrected chi connectivity index (χ1v) is 11.4. The lowest BCUT2D eigenvalue weighted by Crippen LogP contribution is -2.37. The first kappa shape index (κ1) is 17.9. The molecule has 0 amide bonds. The number of likely N-dealkylation sites (tertiary alicyclic amines) is 1. The van der Waals surface area contributed by atoms with E-state index < -0.39 is 9.84 Å². The minimum absolute atomic E-state index is 0.285. The van der Waals surface area contributed by atoms with Gasteiger partial charge in [0.05, 0.1) is 5.75 Å². The third-order valence-electron chi connectivity index (χ3n) is 5.51. The van der Waals surface area contributed by atoms with Crippen LogP contribution in [0.15, 0.2) is 34.9 Å². The Morgan fingerprint density at radius 3 is 2.62 bits per heavy atom. The molecule has 0 unspecified atom stereocenters. The van der Waals surface area contributed by atoms with Crippen molar-refractivity contribution in [3.63, 3.8) is 0 Å². The molecule has 0 atom stereocenters. The molecule has 0 aromatic heterocycles. The van der Waals surface area contributed by atoms with Crippen LogP contribution in [0.4, 0.5) is 0 Å². The van der Waals surface area contributed by atoms with Gasteiger partial charge in [-0.3, -0.25) is 0 Å². The van der Waals surface area contributed by atoms with Crippen LogP contribution in [0.3, 0.4) is 0 Å². The Bertz CT molecular complexity index is 635. The Morgan fingerprint density at radius 2 is 1.96 bits per heavy atom. The zero-order valence-corrected chi connectivity index (χ0v) is 15.7. The van der Waals surface area contributed by atoms with Crippen molar-refractivity contribution in [1.29, 1.82) is 0 Å². The van der Waals surface area contributed by atoms with E-state index >= 15 is 0 Å². The van der Waals surface area contributed by atoms with Crippen molar-refractivity contribution < 1.29 is 8.42 Å². The lowest BCUT2D eigenvalue weighted by molar-refractivity contribution is 0.210. The van der Waals surface area contributed by atoms with E-state index in [0.29, 0.717) is 12.5 Å². The largest absolute Gasteiger partial charge is 0.302 e. The molecule has 0 saturated carbocycles. The highest BCUT2D eigenvalue weighted by molar-refractivity contribution is 7.90. The molecule has 1 heterocycles. The fourth-order valence-electron chi connectivity index (χ4n) is 4.01. The van der Waals surface area contributed by atoms with Crippen LogP contribution < -0.4 is 0 Å². The van der Waals surface area contributed by atoms with Gasteiger partial charge in [0.15, 0.2) is 0 Å². The monoisotopic (exact) mass is 348 g/mol. The maximum Gasteiger partial charge on any atom is 0.148 e. The Labute approximate surface area is 147 Å². The zero-order chi connectivity index (χ0) is 17.0. The lowest BCUT2D eigenvalue weighted by atomic mass is 9.81. The quantitative estimate of drug-likeness (QED) is 0.760. The van der Waals surface area contributed by atoms with Gasteiger partial charge in [-0.1, -0.05) is 18.2 Å². The Morgan fingerprint density at radius 1 is 1.17 bits per heavy atom. The predicted molar refractivity (Wildman–Crippen MR) is 101 cm³/mol. The van der Waals surface area contributed by atoms with Crippen molar-refractivity contribution in [3.8, 4) is 0 Å². The molecule has 0 spiro atoms. The molecule has 3 rings (SSSR count). The van der Waals surface area contributed by atoms with Crippen LogP contribution in [0, 0.1) is 12.3 Å². The minimum atomic E-state index is -2.85. The molecule has 4 heteroatoms. The van der Waals surface area contributed by atoms with Crippen LogP contribution in [0.2, 0.25) is 0 Å². The summed E-state index contributed by atoms with van der Waals surface area (Å²) in [5.41, 5.74) is 4.53. The number of nitrogens with zero attached hydrogens (tertiary/aromatic N) is 1. The lowest BCUT2D eigenvalue weighted by Gasteiger charge is -2.33. The SMILES string of the molecule is CS(=O)(=O)CCN1CCC(C2=CC[CH]C(C3=CCCCC3)=C2)CC1. The summed E-state index contributed by atoms with van der Waals surface area (Å²) < 4.78 is 22.6. The summed E-state index contributed by atoms with van der Waals surface area (Å²) in [6.07, 6.45) is 19.5. The summed E-state index contributed by atoms with van der Waals surface area (Å²) in [4.78, 5) is 2.31. The number of hydrogen-bond donors (Lipinski definition) is 0. The molecule has 0 N–H and O–H groups in total. The molecule has 0 bridgehead atoms. The normalized spacial score (nSPS) is 24.3. The molecule has 3 aliphatic rings. The van der Waals surface area contributed by atoms with E-state index in [-0.39, 0.29) is 5.75 Å². The van der Waals surface area contributed by atoms with Gasteiger partial charge in [0, 0.05) is 12.8 Å². The van der Waals surface area contributed by atoms with Crippen molar-refractivity contribution in [3.05, 3.63) is 41.4 Å². The zero-order valence-electron chi connectivity index (χ0n) is 14.8. The molecule has 0 aromatic rings. The summed E-state index contributed by atoms with van der Waals surface area (Å²) in [5.74, 6) is 0.931. The van der Waals surface area contributed by atoms with E-state index in [0.717, 1.165) is 32.4 Å². The molecule has 133 valence electrons. The second kappa shape index (κ2) is 8.01. The summed E-state index contributed by atoms with van der Waals surface area (Å²) in [5, 5.41) is 0. The Balaban J connectivity index is 1.55. The molecule has 24 heavy (non-hydrogen) atoms. The van der Waals surface area contributed by atoms with Crippen molar-refractivity contribution in [2.75, 3.05) is 31.6 Å². The van der Waals surface area contributed by atoms with Gasteiger partial charge in [-0.05, 0) is 87.1 Å². The number of sulfone groups is 1. The van der Waals surface area contributed by atoms with Crippen LogP contribution >= 0.6 is 0 Å². The predicted octanol–water partition coefficient (Wildman–Crippen LogP) is 3.70. The van der Waals surface area contributed by atoms with E-state index in [4.69, 9.17) is 0 Å². The second-order valence-corrected chi connectivity index (χ2v) is 9.72. The van der Waals surface area contributed by atoms with Gasteiger partial charge >= 0.3 is 0 Å². The van der Waals surface area contributed by atoms with Gasteiger partial charge in [-0.25, -0.2) is 8.42 Å². The highest BCUT2D eigenvalue weighted by Gasteiger charge is 2.23. The molecule has 2 aliphatic carbocycles. The van der Waals surface area contributed by atoms with E-state index in [1.165, 1.54) is 43.1 Å². The first-order chi connectivity index (χ1) is 11.5. The van der Waals surface area contributed by atoms with Gasteiger partial charge in [-0.2, -0.15) is 0 Å². The van der Waals surface area contributed by atoms with Crippen LogP contribution in [0.5, 0.6) is 0 Å². The molecule has 0 aromatic carbocycles. The third kappa shape index (κ3) is 5.06. The minimum Gasteiger partial charge on any atom is -0.302 e. The molecule has 1 saturated heterocycles. The van der Waals surface area contributed by atoms with Crippen molar-refractivity contribution in [1.82, 2.24) is 4.90 Å². The highest BCUT2D eigenvalue weighted by atomic mass is 32.2. The summed E-state index contributed by atoms with van der Waals surface area (Å²) >= 11 is 0. The number of allylic oxidation sites excluding steroid dienone is 6. The maximum absolute atomic E-state index is 11.3. The molecule has 1 fully saturated rings. The fourth-order valence-corrected chi connectivity index (χ4v) is 4.60. The number of hydrogen-bond acceptors (Lipinski definition) is 3. The van der Waals surface area contributed by atoms with E-state index in [9.17, 15) is 8.42 Å². The second-order valence-electron chi connectivity index (χ2n) is 7.46. The number of piperidine rings is 1. The topological polar surface area (TPSA) is 37.4 Å². The van der Waals surface area contributed by atoms with Crippen molar-refractivity contribution >= 4 is 9.84 Å². The molecule has 1 aliphatic heterocycles. The van der Waals surface area contributed by atoms with Crippen LogP contribution in [0.25, 0.3) is 0 Å². The third-order valence-corrected chi connectivity index (χ3v) is 6.44. The van der Waals surface area contributed by atoms with Crippen molar-refractivity contribution in [2.24, 2.45) is 5.92 Å². The van der Waals surface area contributed by atoms with E-state index in [1.807, 2.05) is 0 Å². The Hall–Kier alpha value is -0.870. The maximum atomic E-state index is 11.3. The highest BCUT2D eigenvalue weighted by Crippen LogP contribution is 2.34. The van der Waals surface area contributed by atoms with Crippen LogP contribution in [-0.4, -0.2) is 45.0 Å². The average Bonchev–Trinajstić information content (AvgIpc) is 2.61.